The van der Waals surface area contributed by atoms with E-state index in [0.29, 0.717) is 24.7 Å². The Balaban J connectivity index is 1.29. The number of hydrogen-bond donors (Lipinski definition) is 0. The van der Waals surface area contributed by atoms with Crippen molar-refractivity contribution in [1.82, 2.24) is 9.88 Å². The van der Waals surface area contributed by atoms with Gasteiger partial charge in [-0.05, 0) is 56.9 Å². The average molecular weight is 356 g/mol. The van der Waals surface area contributed by atoms with Crippen LogP contribution in [0.15, 0.2) is 34.7 Å². The van der Waals surface area contributed by atoms with Crippen molar-refractivity contribution in [3.63, 3.8) is 0 Å². The number of rotatable bonds is 6. The Morgan fingerprint density at radius 3 is 2.92 bits per heavy atom. The van der Waals surface area contributed by atoms with Crippen LogP contribution in [-0.4, -0.2) is 41.8 Å². The number of hydrogen-bond acceptors (Lipinski definition) is 5. The van der Waals surface area contributed by atoms with Crippen LogP contribution in [0.25, 0.3) is 0 Å². The molecule has 140 valence electrons. The molecule has 0 unspecified atom stereocenters. The first kappa shape index (κ1) is 17.7. The van der Waals surface area contributed by atoms with E-state index in [0.717, 1.165) is 62.1 Å². The van der Waals surface area contributed by atoms with Gasteiger partial charge in [-0.2, -0.15) is 0 Å². The lowest BCUT2D eigenvalue weighted by Crippen LogP contribution is -2.47. The highest BCUT2D eigenvalue weighted by atomic mass is 16.5. The SMILES string of the molecule is Cc1cccc(COC[C@@H]2C[C@H]3OCCN(Cc4ccc(C)o4)[C@H]3C2)n1. The molecule has 1 saturated heterocycles. The fraction of sp³-hybridized carbons (Fsp3) is 0.571. The molecule has 3 atom stereocenters. The summed E-state index contributed by atoms with van der Waals surface area (Å²) < 4.78 is 17.8. The topological polar surface area (TPSA) is 47.7 Å². The average Bonchev–Trinajstić information content (AvgIpc) is 3.21. The van der Waals surface area contributed by atoms with E-state index in [1.165, 1.54) is 0 Å². The Kier molecular flexibility index (Phi) is 5.38. The maximum absolute atomic E-state index is 6.05. The predicted molar refractivity (Wildman–Crippen MR) is 98.7 cm³/mol. The van der Waals surface area contributed by atoms with E-state index in [9.17, 15) is 0 Å². The van der Waals surface area contributed by atoms with Crippen molar-refractivity contribution >= 4 is 0 Å². The highest BCUT2D eigenvalue weighted by molar-refractivity contribution is 5.09. The van der Waals surface area contributed by atoms with Crippen LogP contribution in [0.4, 0.5) is 0 Å². The summed E-state index contributed by atoms with van der Waals surface area (Å²) in [5.74, 6) is 2.58. The zero-order chi connectivity index (χ0) is 17.9. The molecule has 1 aliphatic carbocycles. The molecule has 0 radical (unpaired) electrons. The minimum absolute atomic E-state index is 0.325. The van der Waals surface area contributed by atoms with E-state index in [-0.39, 0.29) is 0 Å². The fourth-order valence-corrected chi connectivity index (χ4v) is 4.24. The Labute approximate surface area is 155 Å². The van der Waals surface area contributed by atoms with Crippen LogP contribution < -0.4 is 0 Å². The number of aromatic nitrogens is 1. The minimum Gasteiger partial charge on any atom is -0.465 e. The molecule has 0 bridgehead atoms. The van der Waals surface area contributed by atoms with Gasteiger partial charge in [-0.1, -0.05) is 6.07 Å². The van der Waals surface area contributed by atoms with E-state index >= 15 is 0 Å². The van der Waals surface area contributed by atoms with Crippen LogP contribution >= 0.6 is 0 Å². The van der Waals surface area contributed by atoms with Gasteiger partial charge < -0.3 is 13.9 Å². The second-order valence-electron chi connectivity index (χ2n) is 7.58. The molecule has 0 amide bonds. The lowest BCUT2D eigenvalue weighted by molar-refractivity contribution is -0.0609. The number of fused-ring (bicyclic) bond motifs is 1. The maximum atomic E-state index is 6.05. The van der Waals surface area contributed by atoms with Gasteiger partial charge in [0.15, 0.2) is 0 Å². The summed E-state index contributed by atoms with van der Waals surface area (Å²) in [7, 11) is 0. The largest absolute Gasteiger partial charge is 0.465 e. The van der Waals surface area contributed by atoms with Crippen LogP contribution in [0, 0.1) is 19.8 Å². The van der Waals surface area contributed by atoms with Crippen LogP contribution in [0.1, 0.15) is 35.7 Å². The van der Waals surface area contributed by atoms with Gasteiger partial charge in [-0.3, -0.25) is 9.88 Å². The number of morpholine rings is 1. The third-order valence-corrected chi connectivity index (χ3v) is 5.45. The molecule has 26 heavy (non-hydrogen) atoms. The number of furan rings is 1. The summed E-state index contributed by atoms with van der Waals surface area (Å²) in [6.07, 6.45) is 2.54. The molecule has 4 rings (SSSR count). The first-order chi connectivity index (χ1) is 12.7. The normalized spacial score (nSPS) is 26.2. The zero-order valence-corrected chi connectivity index (χ0v) is 15.7. The highest BCUT2D eigenvalue weighted by Gasteiger charge is 2.41. The second-order valence-corrected chi connectivity index (χ2v) is 7.58. The predicted octanol–water partition coefficient (Wildman–Crippen LogP) is 3.49. The number of ether oxygens (including phenoxy) is 2. The summed E-state index contributed by atoms with van der Waals surface area (Å²) in [5, 5.41) is 0. The summed E-state index contributed by atoms with van der Waals surface area (Å²) in [4.78, 5) is 7.02. The molecule has 1 aliphatic heterocycles. The molecule has 0 aromatic carbocycles. The summed E-state index contributed by atoms with van der Waals surface area (Å²) >= 11 is 0. The standard InChI is InChI=1S/C21H28N2O3/c1-15-4-3-5-18(22-15)14-24-13-17-10-20-21(11-17)25-9-8-23(20)12-19-7-6-16(2)26-19/h3-7,17,20-21H,8-14H2,1-2H3/t17-,20-,21+/m0/s1. The van der Waals surface area contributed by atoms with E-state index in [4.69, 9.17) is 13.9 Å². The van der Waals surface area contributed by atoms with Crippen molar-refractivity contribution in [2.45, 2.75) is 52.0 Å². The first-order valence-corrected chi connectivity index (χ1v) is 9.58. The summed E-state index contributed by atoms with van der Waals surface area (Å²) in [6.45, 7) is 8.03. The fourth-order valence-electron chi connectivity index (χ4n) is 4.24. The maximum Gasteiger partial charge on any atom is 0.118 e. The van der Waals surface area contributed by atoms with E-state index in [2.05, 4.69) is 16.0 Å². The molecular weight excluding hydrogens is 328 g/mol. The van der Waals surface area contributed by atoms with Gasteiger partial charge in [0.2, 0.25) is 0 Å². The molecular formula is C21H28N2O3. The van der Waals surface area contributed by atoms with Crippen molar-refractivity contribution in [3.8, 4) is 0 Å². The Morgan fingerprint density at radius 2 is 2.12 bits per heavy atom. The van der Waals surface area contributed by atoms with Crippen molar-refractivity contribution in [2.24, 2.45) is 5.92 Å². The van der Waals surface area contributed by atoms with Crippen molar-refractivity contribution in [3.05, 3.63) is 53.2 Å². The minimum atomic E-state index is 0.325. The van der Waals surface area contributed by atoms with Crippen molar-refractivity contribution < 1.29 is 13.9 Å². The van der Waals surface area contributed by atoms with Gasteiger partial charge in [0.05, 0.1) is 38.2 Å². The second kappa shape index (κ2) is 7.91. The summed E-state index contributed by atoms with van der Waals surface area (Å²) in [5.41, 5.74) is 2.04. The molecule has 0 N–H and O–H groups in total. The Morgan fingerprint density at radius 1 is 1.19 bits per heavy atom. The number of aryl methyl sites for hydroxylation is 2. The van der Waals surface area contributed by atoms with Crippen molar-refractivity contribution in [1.29, 1.82) is 0 Å². The third-order valence-electron chi connectivity index (χ3n) is 5.45. The molecule has 5 nitrogen and oxygen atoms in total. The quantitative estimate of drug-likeness (QED) is 0.793. The van der Waals surface area contributed by atoms with Crippen LogP contribution in [-0.2, 0) is 22.6 Å². The van der Waals surface area contributed by atoms with Gasteiger partial charge in [-0.25, -0.2) is 0 Å². The highest BCUT2D eigenvalue weighted by Crippen LogP contribution is 2.35. The van der Waals surface area contributed by atoms with E-state index in [1.807, 2.05) is 38.1 Å². The van der Waals surface area contributed by atoms with Crippen LogP contribution in [0.2, 0.25) is 0 Å². The zero-order valence-electron chi connectivity index (χ0n) is 15.7. The van der Waals surface area contributed by atoms with Crippen molar-refractivity contribution in [2.75, 3.05) is 19.8 Å². The molecule has 2 aliphatic rings. The molecule has 2 aromatic heterocycles. The van der Waals surface area contributed by atoms with E-state index < -0.39 is 0 Å². The monoisotopic (exact) mass is 356 g/mol. The Hall–Kier alpha value is -1.69. The molecule has 2 fully saturated rings. The van der Waals surface area contributed by atoms with Gasteiger partial charge in [0.25, 0.3) is 0 Å². The smallest absolute Gasteiger partial charge is 0.118 e. The molecule has 2 aromatic rings. The van der Waals surface area contributed by atoms with Gasteiger partial charge in [-0.15, -0.1) is 0 Å². The lowest BCUT2D eigenvalue weighted by atomic mass is 10.1. The van der Waals surface area contributed by atoms with Gasteiger partial charge >= 0.3 is 0 Å². The third kappa shape index (κ3) is 4.17. The first-order valence-electron chi connectivity index (χ1n) is 9.58. The molecule has 5 heteroatoms. The summed E-state index contributed by atoms with van der Waals surface area (Å²) in [6, 6.07) is 10.7. The van der Waals surface area contributed by atoms with Crippen LogP contribution in [0.3, 0.4) is 0 Å². The van der Waals surface area contributed by atoms with Gasteiger partial charge in [0, 0.05) is 18.3 Å². The van der Waals surface area contributed by atoms with E-state index in [1.54, 1.807) is 0 Å². The van der Waals surface area contributed by atoms with Crippen LogP contribution in [0.5, 0.6) is 0 Å². The number of pyridine rings is 1. The molecule has 0 spiro atoms. The van der Waals surface area contributed by atoms with Gasteiger partial charge in [0.1, 0.15) is 11.5 Å². The lowest BCUT2D eigenvalue weighted by Gasteiger charge is -2.37. The molecule has 3 heterocycles. The number of nitrogens with zero attached hydrogens (tertiary/aromatic N) is 2. The molecule has 1 saturated carbocycles. The Bertz CT molecular complexity index is 730.